The Morgan fingerprint density at radius 2 is 1.94 bits per heavy atom. The lowest BCUT2D eigenvalue weighted by Crippen LogP contribution is -2.51. The minimum Gasteiger partial charge on any atom is -0.480 e. The summed E-state index contributed by atoms with van der Waals surface area (Å²) >= 11 is 0. The fraction of sp³-hybridized carbons (Fsp3) is 0.727. The maximum absolute atomic E-state index is 11.4. The van der Waals surface area contributed by atoms with E-state index in [0.29, 0.717) is 0 Å². The zero-order chi connectivity index (χ0) is 13.2. The Morgan fingerprint density at radius 3 is 2.29 bits per heavy atom. The first-order valence-corrected chi connectivity index (χ1v) is 5.43. The van der Waals surface area contributed by atoms with Gasteiger partial charge in [0.05, 0.1) is 0 Å². The second-order valence-electron chi connectivity index (χ2n) is 5.17. The molecule has 1 rings (SSSR count). The Labute approximate surface area is 99.3 Å². The SMILES string of the molecule is CC(C)(C)OC(=O)N[C@@H](C(=O)O)C1CC(=O)C1. The van der Waals surface area contributed by atoms with Gasteiger partial charge in [-0.25, -0.2) is 9.59 Å². The van der Waals surface area contributed by atoms with Crippen LogP contribution in [0, 0.1) is 5.92 Å². The van der Waals surface area contributed by atoms with E-state index in [9.17, 15) is 14.4 Å². The molecule has 17 heavy (non-hydrogen) atoms. The Balaban J connectivity index is 2.53. The van der Waals surface area contributed by atoms with E-state index in [1.165, 1.54) is 0 Å². The van der Waals surface area contributed by atoms with Crippen LogP contribution < -0.4 is 5.32 Å². The van der Waals surface area contributed by atoms with Crippen LogP contribution in [0.5, 0.6) is 0 Å². The first-order chi connectivity index (χ1) is 7.69. The molecule has 0 spiro atoms. The van der Waals surface area contributed by atoms with Crippen molar-refractivity contribution in [3.05, 3.63) is 0 Å². The van der Waals surface area contributed by atoms with Gasteiger partial charge in [-0.1, -0.05) is 0 Å². The molecule has 1 fully saturated rings. The average molecular weight is 243 g/mol. The van der Waals surface area contributed by atoms with Crippen molar-refractivity contribution in [2.24, 2.45) is 5.92 Å². The van der Waals surface area contributed by atoms with Crippen LogP contribution in [-0.2, 0) is 14.3 Å². The van der Waals surface area contributed by atoms with Crippen LogP contribution in [0.1, 0.15) is 33.6 Å². The molecule has 1 aliphatic rings. The number of carbonyl (C=O) groups is 3. The van der Waals surface area contributed by atoms with Crippen molar-refractivity contribution in [1.82, 2.24) is 5.32 Å². The standard InChI is InChI=1S/C11H17NO5/c1-11(2,3)17-10(16)12-8(9(14)15)6-4-7(13)5-6/h6,8H,4-5H2,1-3H3,(H,12,16)(H,14,15)/t8-/m1/s1. The Kier molecular flexibility index (Phi) is 3.75. The van der Waals surface area contributed by atoms with Crippen molar-refractivity contribution in [3.8, 4) is 0 Å². The lowest BCUT2D eigenvalue weighted by atomic mass is 9.78. The van der Waals surface area contributed by atoms with Gasteiger partial charge in [-0.2, -0.15) is 0 Å². The van der Waals surface area contributed by atoms with Crippen molar-refractivity contribution in [3.63, 3.8) is 0 Å². The number of Topliss-reactive ketones (excluding diaryl/α,β-unsaturated/α-hetero) is 1. The van der Waals surface area contributed by atoms with Crippen LogP contribution in [0.4, 0.5) is 4.79 Å². The number of hydrogen-bond donors (Lipinski definition) is 2. The van der Waals surface area contributed by atoms with Gasteiger partial charge in [0.15, 0.2) is 0 Å². The smallest absolute Gasteiger partial charge is 0.408 e. The number of amides is 1. The second-order valence-corrected chi connectivity index (χ2v) is 5.17. The highest BCUT2D eigenvalue weighted by molar-refractivity contribution is 5.89. The van der Waals surface area contributed by atoms with Crippen molar-refractivity contribution in [2.75, 3.05) is 0 Å². The van der Waals surface area contributed by atoms with Crippen LogP contribution in [0.2, 0.25) is 0 Å². The van der Waals surface area contributed by atoms with Crippen LogP contribution in [0.25, 0.3) is 0 Å². The van der Waals surface area contributed by atoms with Crippen LogP contribution in [0.3, 0.4) is 0 Å². The number of rotatable bonds is 3. The minimum absolute atomic E-state index is 0.0206. The second kappa shape index (κ2) is 4.73. The van der Waals surface area contributed by atoms with Gasteiger partial charge in [-0.05, 0) is 20.8 Å². The third kappa shape index (κ3) is 4.05. The van der Waals surface area contributed by atoms with Gasteiger partial charge >= 0.3 is 12.1 Å². The Morgan fingerprint density at radius 1 is 1.41 bits per heavy atom. The van der Waals surface area contributed by atoms with Gasteiger partial charge in [0.25, 0.3) is 0 Å². The summed E-state index contributed by atoms with van der Waals surface area (Å²) in [7, 11) is 0. The molecular weight excluding hydrogens is 226 g/mol. The van der Waals surface area contributed by atoms with Crippen molar-refractivity contribution < 1.29 is 24.2 Å². The third-order valence-corrected chi connectivity index (χ3v) is 2.39. The first-order valence-electron chi connectivity index (χ1n) is 5.43. The highest BCUT2D eigenvalue weighted by Crippen LogP contribution is 2.26. The summed E-state index contributed by atoms with van der Waals surface area (Å²) in [6, 6.07) is -1.05. The summed E-state index contributed by atoms with van der Waals surface area (Å²) in [5, 5.41) is 11.2. The number of carboxylic acid groups (broad SMARTS) is 1. The molecule has 0 saturated heterocycles. The molecule has 1 aliphatic carbocycles. The predicted molar refractivity (Wildman–Crippen MR) is 58.5 cm³/mol. The fourth-order valence-corrected chi connectivity index (χ4v) is 1.58. The molecule has 0 heterocycles. The molecule has 0 bridgehead atoms. The van der Waals surface area contributed by atoms with Crippen LogP contribution in [-0.4, -0.2) is 34.6 Å². The van der Waals surface area contributed by atoms with Crippen LogP contribution in [0.15, 0.2) is 0 Å². The maximum Gasteiger partial charge on any atom is 0.408 e. The van der Waals surface area contributed by atoms with Crippen LogP contribution >= 0.6 is 0 Å². The molecule has 6 heteroatoms. The number of nitrogens with one attached hydrogen (secondary N) is 1. The normalized spacial score (nSPS) is 18.2. The highest BCUT2D eigenvalue weighted by atomic mass is 16.6. The lowest BCUT2D eigenvalue weighted by Gasteiger charge is -2.31. The summed E-state index contributed by atoms with van der Waals surface area (Å²) < 4.78 is 4.97. The predicted octanol–water partition coefficient (Wildman–Crippen LogP) is 0.943. The Bertz CT molecular complexity index is 336. The van der Waals surface area contributed by atoms with E-state index in [0.717, 1.165) is 0 Å². The number of ether oxygens (including phenoxy) is 1. The Hall–Kier alpha value is -1.59. The third-order valence-electron chi connectivity index (χ3n) is 2.39. The molecule has 6 nitrogen and oxygen atoms in total. The van der Waals surface area contributed by atoms with E-state index >= 15 is 0 Å². The number of alkyl carbamates (subject to hydrolysis) is 1. The topological polar surface area (TPSA) is 92.7 Å². The molecule has 0 aromatic heterocycles. The van der Waals surface area contributed by atoms with Crippen molar-refractivity contribution in [2.45, 2.75) is 45.3 Å². The van der Waals surface area contributed by atoms with E-state index in [4.69, 9.17) is 9.84 Å². The minimum atomic E-state index is -1.15. The molecule has 1 amide bonds. The monoisotopic (exact) mass is 243 g/mol. The number of carboxylic acids is 1. The molecule has 1 saturated carbocycles. The summed E-state index contributed by atoms with van der Waals surface area (Å²) in [6.07, 6.45) is -0.372. The van der Waals surface area contributed by atoms with E-state index < -0.39 is 23.7 Å². The van der Waals surface area contributed by atoms with Crippen molar-refractivity contribution in [1.29, 1.82) is 0 Å². The van der Waals surface area contributed by atoms with Gasteiger partial charge < -0.3 is 15.2 Å². The van der Waals surface area contributed by atoms with Gasteiger partial charge in [-0.15, -0.1) is 0 Å². The zero-order valence-electron chi connectivity index (χ0n) is 10.1. The van der Waals surface area contributed by atoms with E-state index in [1.807, 2.05) is 0 Å². The number of hydrogen-bond acceptors (Lipinski definition) is 4. The number of carbonyl (C=O) groups excluding carboxylic acids is 2. The van der Waals surface area contributed by atoms with E-state index in [1.54, 1.807) is 20.8 Å². The number of aliphatic carboxylic acids is 1. The zero-order valence-corrected chi connectivity index (χ0v) is 10.1. The van der Waals surface area contributed by atoms with Gasteiger partial charge in [0.2, 0.25) is 0 Å². The molecule has 0 unspecified atom stereocenters. The maximum atomic E-state index is 11.4. The average Bonchev–Trinajstić information content (AvgIpc) is 2.06. The van der Waals surface area contributed by atoms with Gasteiger partial charge in [0, 0.05) is 18.8 Å². The summed E-state index contributed by atoms with van der Waals surface area (Å²) in [6.45, 7) is 5.07. The number of ketones is 1. The highest BCUT2D eigenvalue weighted by Gasteiger charge is 2.39. The van der Waals surface area contributed by atoms with E-state index in [-0.39, 0.29) is 24.5 Å². The fourth-order valence-electron chi connectivity index (χ4n) is 1.58. The molecule has 2 N–H and O–H groups in total. The molecule has 0 aromatic rings. The molecule has 0 aromatic carbocycles. The van der Waals surface area contributed by atoms with E-state index in [2.05, 4.69) is 5.32 Å². The quantitative estimate of drug-likeness (QED) is 0.769. The molecule has 1 atom stereocenters. The first kappa shape index (κ1) is 13.5. The summed E-state index contributed by atoms with van der Waals surface area (Å²) in [4.78, 5) is 33.2. The molecule has 0 radical (unpaired) electrons. The molecular formula is C11H17NO5. The molecule has 0 aliphatic heterocycles. The molecule has 96 valence electrons. The summed E-state index contributed by atoms with van der Waals surface area (Å²) in [5.41, 5.74) is -0.678. The largest absolute Gasteiger partial charge is 0.480 e. The van der Waals surface area contributed by atoms with Gasteiger partial charge in [-0.3, -0.25) is 4.79 Å². The van der Waals surface area contributed by atoms with Gasteiger partial charge in [0.1, 0.15) is 17.4 Å². The van der Waals surface area contributed by atoms with Crippen molar-refractivity contribution >= 4 is 17.8 Å². The lowest BCUT2D eigenvalue weighted by molar-refractivity contribution is -0.143. The summed E-state index contributed by atoms with van der Waals surface area (Å²) in [5.74, 6) is -1.45.